The summed E-state index contributed by atoms with van der Waals surface area (Å²) < 4.78 is 5.93. The summed E-state index contributed by atoms with van der Waals surface area (Å²) in [7, 11) is -4.77. The second kappa shape index (κ2) is 5.78. The van der Waals surface area contributed by atoms with E-state index in [1.54, 1.807) is 54.6 Å². The van der Waals surface area contributed by atoms with E-state index < -0.39 is 7.28 Å². The predicted molar refractivity (Wildman–Crippen MR) is 95.3 cm³/mol. The first-order chi connectivity index (χ1) is 11.0. The van der Waals surface area contributed by atoms with Gasteiger partial charge < -0.3 is 0 Å². The van der Waals surface area contributed by atoms with E-state index in [1.165, 1.54) is 0 Å². The van der Waals surface area contributed by atoms with Gasteiger partial charge in [-0.1, -0.05) is 0 Å². The zero-order valence-electron chi connectivity index (χ0n) is 12.8. The summed E-state index contributed by atoms with van der Waals surface area (Å²) in [6.07, 6.45) is 0. The van der Waals surface area contributed by atoms with Gasteiger partial charge in [0.25, 0.3) is 0 Å². The van der Waals surface area contributed by atoms with Crippen LogP contribution < -0.4 is 15.1 Å². The van der Waals surface area contributed by atoms with Crippen LogP contribution in [0, 0.1) is 6.92 Å². The molecule has 0 aliphatic heterocycles. The molecule has 0 atom stereocenters. The normalized spacial score (nSPS) is 13.1. The second-order valence-electron chi connectivity index (χ2n) is 5.48. The number of benzene rings is 3. The molecule has 0 heterocycles. The molecule has 23 heavy (non-hydrogen) atoms. The fourth-order valence-corrected chi connectivity index (χ4v) is 5.00. The molecule has 0 saturated carbocycles. The molecule has 0 aliphatic rings. The third-order valence-corrected chi connectivity index (χ3v) is 6.81. The van der Waals surface area contributed by atoms with Gasteiger partial charge >= 0.3 is 135 Å². The van der Waals surface area contributed by atoms with Crippen molar-refractivity contribution in [3.05, 3.63) is 90.5 Å². The number of hydrogen-bond acceptors (Lipinski definition) is 3. The van der Waals surface area contributed by atoms with Gasteiger partial charge in [0.1, 0.15) is 0 Å². The average Bonchev–Trinajstić information content (AvgIpc) is 2.59. The Morgan fingerprint density at radius 3 is 1.57 bits per heavy atom. The van der Waals surface area contributed by atoms with Crippen LogP contribution in [0.15, 0.2) is 84.9 Å². The Morgan fingerprint density at radius 1 is 0.652 bits per heavy atom. The Morgan fingerprint density at radius 2 is 1.09 bits per heavy atom. The van der Waals surface area contributed by atoms with E-state index in [2.05, 4.69) is 0 Å². The quantitative estimate of drug-likeness (QED) is 0.723. The summed E-state index contributed by atoms with van der Waals surface area (Å²) >= 11 is 0. The summed E-state index contributed by atoms with van der Waals surface area (Å²) in [4.78, 5) is 22.9. The fraction of sp³-hybridized carbons (Fsp3) is 0.0526. The Hall–Kier alpha value is -2.19. The van der Waals surface area contributed by atoms with Gasteiger partial charge in [-0.25, -0.2) is 0 Å². The minimum absolute atomic E-state index is 0.368. The maximum atomic E-state index is 11.5. The minimum atomic E-state index is -4.77. The monoisotopic (exact) mass is 326 g/mol. The van der Waals surface area contributed by atoms with Crippen molar-refractivity contribution in [2.75, 3.05) is 0 Å². The van der Waals surface area contributed by atoms with Gasteiger partial charge in [0.05, 0.1) is 0 Å². The van der Waals surface area contributed by atoms with Crippen molar-refractivity contribution in [2.24, 2.45) is 0 Å². The fourth-order valence-electron chi connectivity index (χ4n) is 2.49. The molecule has 0 amide bonds. The van der Waals surface area contributed by atoms with Crippen LogP contribution in [0.2, 0.25) is 0 Å². The van der Waals surface area contributed by atoms with E-state index in [0.29, 0.717) is 16.4 Å². The van der Waals surface area contributed by atoms with Crippen molar-refractivity contribution in [3.63, 3.8) is 0 Å². The van der Waals surface area contributed by atoms with Gasteiger partial charge in [0, 0.05) is 0 Å². The molecular weight excluding hydrogens is 307 g/mol. The first kappa shape index (κ1) is 15.7. The van der Waals surface area contributed by atoms with Crippen LogP contribution in [-0.4, -0.2) is 9.79 Å². The number of para-hydroxylation sites is 1. The van der Waals surface area contributed by atoms with Crippen molar-refractivity contribution >= 4 is 17.9 Å². The van der Waals surface area contributed by atoms with Gasteiger partial charge in [0.2, 0.25) is 0 Å². The average molecular weight is 326 g/mol. The molecule has 118 valence electrons. The van der Waals surface area contributed by atoms with Crippen LogP contribution in [0.3, 0.4) is 0 Å². The molecule has 0 radical (unpaired) electrons. The molecule has 0 unspecified atom stereocenters. The van der Waals surface area contributed by atoms with Crippen molar-refractivity contribution in [1.29, 1.82) is 0 Å². The van der Waals surface area contributed by atoms with Crippen LogP contribution >= 0.6 is 7.28 Å². The van der Waals surface area contributed by atoms with Crippen LogP contribution in [0.5, 0.6) is 5.75 Å². The Labute approximate surface area is 136 Å². The Kier molecular flexibility index (Phi) is 3.95. The summed E-state index contributed by atoms with van der Waals surface area (Å²) in [5, 5.41) is 0.737. The maximum absolute atomic E-state index is 11.5. The summed E-state index contributed by atoms with van der Waals surface area (Å²) in [6, 6.07) is 24.8. The van der Waals surface area contributed by atoms with E-state index in [1.807, 2.05) is 37.3 Å². The van der Waals surface area contributed by atoms with E-state index in [0.717, 1.165) is 5.56 Å². The SMILES string of the molecule is Cc1ccccc1OP(O)(O)(c1ccccc1)c1ccccc1. The van der Waals surface area contributed by atoms with Gasteiger partial charge in [-0.2, -0.15) is 0 Å². The molecule has 0 saturated heterocycles. The van der Waals surface area contributed by atoms with Crippen molar-refractivity contribution in [3.8, 4) is 5.75 Å². The number of hydrogen-bond donors (Lipinski definition) is 2. The Balaban J connectivity index is 2.21. The van der Waals surface area contributed by atoms with Gasteiger partial charge in [-0.3, -0.25) is 0 Å². The van der Waals surface area contributed by atoms with Gasteiger partial charge in [0.15, 0.2) is 0 Å². The predicted octanol–water partition coefficient (Wildman–Crippen LogP) is 3.31. The summed E-state index contributed by atoms with van der Waals surface area (Å²) in [5.41, 5.74) is 0.844. The Bertz CT molecular complexity index is 758. The molecule has 0 fully saturated rings. The van der Waals surface area contributed by atoms with E-state index >= 15 is 0 Å². The molecular formula is C19H19O3P. The van der Waals surface area contributed by atoms with E-state index in [9.17, 15) is 9.79 Å². The number of rotatable bonds is 4. The molecule has 0 spiro atoms. The molecule has 0 aromatic heterocycles. The van der Waals surface area contributed by atoms with Crippen molar-refractivity contribution in [1.82, 2.24) is 0 Å². The van der Waals surface area contributed by atoms with Crippen LogP contribution in [0.1, 0.15) is 5.56 Å². The topological polar surface area (TPSA) is 49.7 Å². The molecule has 4 heteroatoms. The number of aryl methyl sites for hydroxylation is 1. The standard InChI is InChI=1S/C19H19O3P/c1-16-10-8-9-15-19(16)22-23(20,21,17-11-4-2-5-12-17)18-13-6-3-7-14-18/h2-15,20-21H,1H3. The molecule has 3 rings (SSSR count). The zero-order valence-corrected chi connectivity index (χ0v) is 13.7. The second-order valence-corrected chi connectivity index (χ2v) is 8.58. The third-order valence-electron chi connectivity index (χ3n) is 3.81. The molecule has 3 aromatic carbocycles. The third kappa shape index (κ3) is 2.87. The van der Waals surface area contributed by atoms with Gasteiger partial charge in [-0.15, -0.1) is 0 Å². The molecule has 0 aliphatic carbocycles. The molecule has 3 nitrogen and oxygen atoms in total. The first-order valence-corrected chi connectivity index (χ1v) is 9.44. The molecule has 3 aromatic rings. The zero-order chi connectivity index (χ0) is 16.4. The van der Waals surface area contributed by atoms with E-state index in [-0.39, 0.29) is 0 Å². The van der Waals surface area contributed by atoms with Crippen molar-refractivity contribution in [2.45, 2.75) is 6.92 Å². The summed E-state index contributed by atoms with van der Waals surface area (Å²) in [6.45, 7) is 1.88. The van der Waals surface area contributed by atoms with Crippen LogP contribution in [-0.2, 0) is 0 Å². The van der Waals surface area contributed by atoms with Crippen molar-refractivity contribution < 1.29 is 14.3 Å². The van der Waals surface area contributed by atoms with Gasteiger partial charge in [-0.05, 0) is 0 Å². The first-order valence-electron chi connectivity index (χ1n) is 7.38. The molecule has 0 bridgehead atoms. The summed E-state index contributed by atoms with van der Waals surface area (Å²) in [5.74, 6) is 0.461. The molecule has 2 N–H and O–H groups in total. The van der Waals surface area contributed by atoms with E-state index in [4.69, 9.17) is 4.52 Å². The van der Waals surface area contributed by atoms with Crippen LogP contribution in [0.25, 0.3) is 0 Å². The van der Waals surface area contributed by atoms with Crippen LogP contribution in [0.4, 0.5) is 0 Å².